The van der Waals surface area contributed by atoms with Gasteiger partial charge in [-0.1, -0.05) is 77.9 Å². The summed E-state index contributed by atoms with van der Waals surface area (Å²) in [5.74, 6) is -4.01. The molecule has 12 heteroatoms. The number of rotatable bonds is 4. The van der Waals surface area contributed by atoms with Gasteiger partial charge in [0.2, 0.25) is 5.41 Å². The van der Waals surface area contributed by atoms with Crippen LogP contribution in [0.4, 0.5) is 37.7 Å². The largest absolute Gasteiger partial charge is 0.411 e. The maximum Gasteiger partial charge on any atom is 0.411 e. The number of benzene rings is 4. The van der Waals surface area contributed by atoms with Crippen LogP contribution in [-0.2, 0) is 16.2 Å². The Labute approximate surface area is 289 Å². The number of amides is 4. The molecule has 0 unspecified atom stereocenters. The van der Waals surface area contributed by atoms with Gasteiger partial charge >= 0.3 is 12.4 Å². The van der Waals surface area contributed by atoms with Crippen LogP contribution in [0.2, 0.25) is 0 Å². The van der Waals surface area contributed by atoms with Crippen LogP contribution >= 0.6 is 0 Å². The third kappa shape index (κ3) is 5.42. The van der Waals surface area contributed by atoms with E-state index in [0.29, 0.717) is 34.1 Å². The van der Waals surface area contributed by atoms with Crippen molar-refractivity contribution in [2.45, 2.75) is 70.1 Å². The van der Waals surface area contributed by atoms with E-state index in [1.165, 1.54) is 24.3 Å². The molecule has 0 fully saturated rings. The van der Waals surface area contributed by atoms with Gasteiger partial charge in [-0.3, -0.25) is 19.2 Å². The standard InChI is InChI=1S/C39H32F6N2O4/c1-35(2,3)21-7-13-25(14-8-21)46-31(48)27-17-11-23(19-29(27)33(46)50)37(38(40,41)42,39(43,44)45)24-12-18-28-30(20-24)34(51)47(32(28)49)26-15-9-22(10-16-26)36(4,5)6/h7-20H,1-6H3. The minimum Gasteiger partial charge on any atom is -0.268 e. The number of fused-ring (bicyclic) bond motifs is 2. The van der Waals surface area contributed by atoms with Crippen molar-refractivity contribution in [3.63, 3.8) is 0 Å². The summed E-state index contributed by atoms with van der Waals surface area (Å²) in [7, 11) is 0. The molecule has 6 nitrogen and oxygen atoms in total. The van der Waals surface area contributed by atoms with Crippen LogP contribution in [0.15, 0.2) is 84.9 Å². The number of carbonyl (C=O) groups excluding carboxylic acids is 4. The Morgan fingerprint density at radius 3 is 0.941 bits per heavy atom. The zero-order valence-corrected chi connectivity index (χ0v) is 28.4. The maximum atomic E-state index is 15.2. The number of anilines is 2. The Morgan fingerprint density at radius 2 is 0.667 bits per heavy atom. The molecule has 264 valence electrons. The molecule has 0 saturated heterocycles. The maximum absolute atomic E-state index is 15.2. The molecule has 0 spiro atoms. The fraction of sp³-hybridized carbons (Fsp3) is 0.282. The van der Waals surface area contributed by atoms with Crippen LogP contribution in [0.5, 0.6) is 0 Å². The fourth-order valence-electron chi connectivity index (χ4n) is 6.62. The minimum atomic E-state index is -6.07. The summed E-state index contributed by atoms with van der Waals surface area (Å²) < 4.78 is 91.2. The van der Waals surface area contributed by atoms with Gasteiger partial charge in [-0.05, 0) is 81.6 Å². The Bertz CT molecular complexity index is 1970. The average Bonchev–Trinajstić information content (AvgIpc) is 3.42. The van der Waals surface area contributed by atoms with Crippen molar-refractivity contribution in [2.24, 2.45) is 0 Å². The van der Waals surface area contributed by atoms with E-state index >= 15 is 26.3 Å². The molecule has 6 rings (SSSR count). The third-order valence-corrected chi connectivity index (χ3v) is 9.47. The minimum absolute atomic E-state index is 0.0908. The highest BCUT2D eigenvalue weighted by Gasteiger charge is 2.73. The number of hydrogen-bond acceptors (Lipinski definition) is 4. The Kier molecular flexibility index (Phi) is 7.93. The van der Waals surface area contributed by atoms with Crippen LogP contribution < -0.4 is 9.80 Å². The monoisotopic (exact) mass is 706 g/mol. The van der Waals surface area contributed by atoms with Gasteiger partial charge in [-0.15, -0.1) is 0 Å². The molecule has 0 N–H and O–H groups in total. The summed E-state index contributed by atoms with van der Waals surface area (Å²) in [4.78, 5) is 55.1. The zero-order valence-electron chi connectivity index (χ0n) is 28.4. The predicted octanol–water partition coefficient (Wildman–Crippen LogP) is 9.29. The highest BCUT2D eigenvalue weighted by atomic mass is 19.4. The van der Waals surface area contributed by atoms with Gasteiger partial charge in [0.25, 0.3) is 23.6 Å². The van der Waals surface area contributed by atoms with E-state index in [1.807, 2.05) is 41.5 Å². The number of alkyl halides is 6. The van der Waals surface area contributed by atoms with Crippen molar-refractivity contribution >= 4 is 35.0 Å². The summed E-state index contributed by atoms with van der Waals surface area (Å²) >= 11 is 0. The van der Waals surface area contributed by atoms with Gasteiger partial charge in [0.15, 0.2) is 0 Å². The molecule has 0 bridgehead atoms. The second-order valence-corrected chi connectivity index (χ2v) is 14.8. The topological polar surface area (TPSA) is 74.8 Å². The van der Waals surface area contributed by atoms with E-state index in [4.69, 9.17) is 0 Å². The molecule has 0 saturated carbocycles. The molecule has 51 heavy (non-hydrogen) atoms. The second kappa shape index (κ2) is 11.4. The Hall–Kier alpha value is -5.26. The Morgan fingerprint density at radius 1 is 0.392 bits per heavy atom. The van der Waals surface area contributed by atoms with Crippen LogP contribution in [0.25, 0.3) is 0 Å². The molecule has 4 aromatic rings. The first-order valence-corrected chi connectivity index (χ1v) is 15.9. The number of halogens is 6. The first-order valence-electron chi connectivity index (χ1n) is 15.9. The van der Waals surface area contributed by atoms with Crippen molar-refractivity contribution in [1.29, 1.82) is 0 Å². The van der Waals surface area contributed by atoms with Crippen molar-refractivity contribution in [2.75, 3.05) is 9.80 Å². The fourth-order valence-corrected chi connectivity index (χ4v) is 6.62. The summed E-state index contributed by atoms with van der Waals surface area (Å²) in [5, 5.41) is 0. The summed E-state index contributed by atoms with van der Waals surface area (Å²) in [6.07, 6.45) is -12.1. The first-order chi connectivity index (χ1) is 23.5. The number of nitrogens with zero attached hydrogens (tertiary/aromatic N) is 2. The number of carbonyl (C=O) groups is 4. The van der Waals surface area contributed by atoms with Crippen molar-refractivity contribution in [1.82, 2.24) is 0 Å². The highest BCUT2D eigenvalue weighted by Crippen LogP contribution is 2.57. The molecule has 0 radical (unpaired) electrons. The lowest BCUT2D eigenvalue weighted by atomic mass is 9.71. The van der Waals surface area contributed by atoms with E-state index in [9.17, 15) is 19.2 Å². The summed E-state index contributed by atoms with van der Waals surface area (Å²) in [6.45, 7) is 11.6. The number of imide groups is 2. The van der Waals surface area contributed by atoms with Gasteiger partial charge in [-0.25, -0.2) is 9.80 Å². The van der Waals surface area contributed by atoms with Gasteiger partial charge in [0, 0.05) is 0 Å². The third-order valence-electron chi connectivity index (χ3n) is 9.47. The van der Waals surface area contributed by atoms with Gasteiger partial charge < -0.3 is 0 Å². The Balaban J connectivity index is 1.45. The zero-order chi connectivity index (χ0) is 37.6. The van der Waals surface area contributed by atoms with E-state index in [1.54, 1.807) is 24.3 Å². The van der Waals surface area contributed by atoms with Crippen LogP contribution in [-0.4, -0.2) is 36.0 Å². The van der Waals surface area contributed by atoms with Crippen molar-refractivity contribution in [3.8, 4) is 0 Å². The lowest BCUT2D eigenvalue weighted by molar-refractivity contribution is -0.288. The van der Waals surface area contributed by atoms with Gasteiger partial charge in [0.05, 0.1) is 33.6 Å². The van der Waals surface area contributed by atoms with Gasteiger partial charge in [0.1, 0.15) is 0 Å². The average molecular weight is 707 g/mol. The highest BCUT2D eigenvalue weighted by molar-refractivity contribution is 6.35. The van der Waals surface area contributed by atoms with Crippen molar-refractivity contribution in [3.05, 3.63) is 129 Å². The smallest absolute Gasteiger partial charge is 0.268 e. The van der Waals surface area contributed by atoms with Gasteiger partial charge in [-0.2, -0.15) is 26.3 Å². The molecule has 0 aliphatic carbocycles. The molecular formula is C39H32F6N2O4. The van der Waals surface area contributed by atoms with Crippen LogP contribution in [0, 0.1) is 0 Å². The quantitative estimate of drug-likeness (QED) is 0.157. The summed E-state index contributed by atoms with van der Waals surface area (Å²) in [5.41, 5.74) is -8.23. The predicted molar refractivity (Wildman–Crippen MR) is 178 cm³/mol. The number of hydrogen-bond donors (Lipinski definition) is 0. The molecule has 0 atom stereocenters. The normalized spacial score (nSPS) is 15.5. The molecular weight excluding hydrogens is 674 g/mol. The van der Waals surface area contributed by atoms with E-state index in [2.05, 4.69) is 0 Å². The molecule has 4 aromatic carbocycles. The SMILES string of the molecule is CC(C)(C)c1ccc(N2C(=O)c3ccc(C(c4ccc5c(c4)C(=O)N(c4ccc(C(C)(C)C)cc4)C5=O)(C(F)(F)F)C(F)(F)F)cc3C2=O)cc1. The van der Waals surface area contributed by atoms with E-state index in [0.717, 1.165) is 23.3 Å². The molecule has 2 aliphatic rings. The van der Waals surface area contributed by atoms with E-state index in [-0.39, 0.29) is 33.3 Å². The molecule has 2 heterocycles. The second-order valence-electron chi connectivity index (χ2n) is 14.8. The van der Waals surface area contributed by atoms with E-state index < -0.39 is 63.7 Å². The van der Waals surface area contributed by atoms with Crippen LogP contribution in [0.3, 0.4) is 0 Å². The van der Waals surface area contributed by atoms with Crippen molar-refractivity contribution < 1.29 is 45.5 Å². The first kappa shape index (κ1) is 35.6. The van der Waals surface area contributed by atoms with Crippen LogP contribution in [0.1, 0.15) is 105 Å². The lowest BCUT2D eigenvalue weighted by Gasteiger charge is -2.38. The summed E-state index contributed by atoms with van der Waals surface area (Å²) in [6, 6.07) is 16.0. The molecule has 2 aliphatic heterocycles. The molecule has 0 aromatic heterocycles. The molecule has 4 amide bonds. The lowest BCUT2D eigenvalue weighted by Crippen LogP contribution is -2.55.